The van der Waals surface area contributed by atoms with E-state index in [1.165, 1.54) is 0 Å². The van der Waals surface area contributed by atoms with E-state index in [1.807, 2.05) is 32.0 Å². The molecule has 0 unspecified atom stereocenters. The Morgan fingerprint density at radius 1 is 1.58 bits per heavy atom. The van der Waals surface area contributed by atoms with Crippen molar-refractivity contribution < 1.29 is 9.53 Å². The van der Waals surface area contributed by atoms with Crippen LogP contribution in [0.3, 0.4) is 0 Å². The van der Waals surface area contributed by atoms with E-state index in [4.69, 9.17) is 4.74 Å². The summed E-state index contributed by atoms with van der Waals surface area (Å²) in [6.07, 6.45) is 3.59. The van der Waals surface area contributed by atoms with Gasteiger partial charge < -0.3 is 15.0 Å². The first-order valence-electron chi connectivity index (χ1n) is 6.51. The summed E-state index contributed by atoms with van der Waals surface area (Å²) in [6.45, 7) is 5.85. The van der Waals surface area contributed by atoms with Crippen LogP contribution < -0.4 is 5.32 Å². The lowest BCUT2D eigenvalue weighted by molar-refractivity contribution is -0.148. The maximum absolute atomic E-state index is 12.6. The van der Waals surface area contributed by atoms with Crippen LogP contribution in [0, 0.1) is 0 Å². The fourth-order valence-corrected chi connectivity index (χ4v) is 2.41. The fourth-order valence-electron chi connectivity index (χ4n) is 2.41. The monoisotopic (exact) mass is 266 g/mol. The second-order valence-corrected chi connectivity index (χ2v) is 5.54. The largest absolute Gasteiger partial charge is 0.372 e. The molecule has 1 aromatic heterocycles. The Kier molecular flexibility index (Phi) is 3.91. The quantitative estimate of drug-likeness (QED) is 0.856. The van der Waals surface area contributed by atoms with Gasteiger partial charge in [-0.15, -0.1) is 0 Å². The highest BCUT2D eigenvalue weighted by Crippen LogP contribution is 2.21. The van der Waals surface area contributed by atoms with Gasteiger partial charge in [0.1, 0.15) is 6.04 Å². The minimum absolute atomic E-state index is 0.0758. The van der Waals surface area contributed by atoms with E-state index >= 15 is 0 Å². The fraction of sp³-hybridized carbons (Fsp3) is 0.692. The Morgan fingerprint density at radius 3 is 2.84 bits per heavy atom. The zero-order valence-corrected chi connectivity index (χ0v) is 12.0. The third kappa shape index (κ3) is 3.13. The van der Waals surface area contributed by atoms with E-state index in [0.717, 1.165) is 5.56 Å². The van der Waals surface area contributed by atoms with Crippen molar-refractivity contribution in [2.45, 2.75) is 25.5 Å². The smallest absolute Gasteiger partial charge is 0.244 e. The number of ether oxygens (including phenoxy) is 1. The SMILES string of the molecule is CN[C@@H](C(=O)N1CCOC(C)(C)C1)c1cnn(C)c1. The number of carbonyl (C=O) groups is 1. The molecule has 0 aromatic carbocycles. The first-order chi connectivity index (χ1) is 8.93. The summed E-state index contributed by atoms with van der Waals surface area (Å²) in [5.74, 6) is 0.0758. The molecule has 1 aliphatic heterocycles. The second-order valence-electron chi connectivity index (χ2n) is 5.54. The first kappa shape index (κ1) is 14.0. The molecule has 0 saturated carbocycles. The summed E-state index contributed by atoms with van der Waals surface area (Å²) in [6, 6.07) is -0.345. The van der Waals surface area contributed by atoms with Crippen LogP contribution in [0.15, 0.2) is 12.4 Å². The van der Waals surface area contributed by atoms with Gasteiger partial charge in [-0.3, -0.25) is 9.48 Å². The van der Waals surface area contributed by atoms with Crippen molar-refractivity contribution in [2.75, 3.05) is 26.7 Å². The molecule has 1 aromatic rings. The Hall–Kier alpha value is -1.40. The number of nitrogens with one attached hydrogen (secondary N) is 1. The van der Waals surface area contributed by atoms with E-state index in [1.54, 1.807) is 17.9 Å². The van der Waals surface area contributed by atoms with E-state index < -0.39 is 0 Å². The van der Waals surface area contributed by atoms with Crippen molar-refractivity contribution in [3.8, 4) is 0 Å². The molecule has 1 amide bonds. The Bertz CT molecular complexity index is 455. The van der Waals surface area contributed by atoms with Crippen LogP contribution in [-0.2, 0) is 16.6 Å². The van der Waals surface area contributed by atoms with Crippen molar-refractivity contribution in [3.63, 3.8) is 0 Å². The average Bonchev–Trinajstić information content (AvgIpc) is 2.75. The van der Waals surface area contributed by atoms with Gasteiger partial charge in [0.05, 0.1) is 18.4 Å². The van der Waals surface area contributed by atoms with Crippen LogP contribution in [0.1, 0.15) is 25.5 Å². The summed E-state index contributed by atoms with van der Waals surface area (Å²) in [5, 5.41) is 7.19. The highest BCUT2D eigenvalue weighted by Gasteiger charge is 2.33. The van der Waals surface area contributed by atoms with E-state index in [-0.39, 0.29) is 17.6 Å². The normalized spacial score (nSPS) is 20.3. The minimum Gasteiger partial charge on any atom is -0.372 e. The number of hydrogen-bond acceptors (Lipinski definition) is 4. The highest BCUT2D eigenvalue weighted by molar-refractivity contribution is 5.83. The molecule has 2 heterocycles. The number of hydrogen-bond donors (Lipinski definition) is 1. The molecule has 1 saturated heterocycles. The van der Waals surface area contributed by atoms with Crippen LogP contribution in [0.2, 0.25) is 0 Å². The summed E-state index contributed by atoms with van der Waals surface area (Å²) < 4.78 is 7.34. The number of nitrogens with zero attached hydrogens (tertiary/aromatic N) is 3. The molecule has 106 valence electrons. The van der Waals surface area contributed by atoms with Gasteiger partial charge in [-0.25, -0.2) is 0 Å². The molecule has 0 bridgehead atoms. The molecule has 0 aliphatic carbocycles. The third-order valence-corrected chi connectivity index (χ3v) is 3.33. The number of morpholine rings is 1. The number of aryl methyl sites for hydroxylation is 1. The summed E-state index contributed by atoms with van der Waals surface area (Å²) in [5.41, 5.74) is 0.612. The lowest BCUT2D eigenvalue weighted by atomic mass is 10.0. The molecule has 6 heteroatoms. The van der Waals surface area contributed by atoms with Gasteiger partial charge in [0, 0.05) is 31.9 Å². The van der Waals surface area contributed by atoms with E-state index in [0.29, 0.717) is 19.7 Å². The van der Waals surface area contributed by atoms with Crippen molar-refractivity contribution in [3.05, 3.63) is 18.0 Å². The van der Waals surface area contributed by atoms with Crippen LogP contribution in [0.4, 0.5) is 0 Å². The molecule has 0 radical (unpaired) electrons. The molecule has 2 rings (SSSR count). The van der Waals surface area contributed by atoms with E-state index in [9.17, 15) is 4.79 Å². The van der Waals surface area contributed by atoms with Crippen LogP contribution in [-0.4, -0.2) is 52.9 Å². The highest BCUT2D eigenvalue weighted by atomic mass is 16.5. The van der Waals surface area contributed by atoms with E-state index in [2.05, 4.69) is 10.4 Å². The van der Waals surface area contributed by atoms with Gasteiger partial charge in [0.25, 0.3) is 0 Å². The molecule has 19 heavy (non-hydrogen) atoms. The van der Waals surface area contributed by atoms with Gasteiger partial charge in [-0.2, -0.15) is 5.10 Å². The molecular weight excluding hydrogens is 244 g/mol. The predicted molar refractivity (Wildman–Crippen MR) is 71.6 cm³/mol. The number of rotatable bonds is 3. The van der Waals surface area contributed by atoms with Gasteiger partial charge in [-0.05, 0) is 20.9 Å². The Balaban J connectivity index is 2.12. The first-order valence-corrected chi connectivity index (χ1v) is 6.51. The molecule has 1 N–H and O–H groups in total. The van der Waals surface area contributed by atoms with Gasteiger partial charge in [0.2, 0.25) is 5.91 Å². The molecule has 0 spiro atoms. The molecule has 6 nitrogen and oxygen atoms in total. The predicted octanol–water partition coefficient (Wildman–Crippen LogP) is 0.318. The van der Waals surface area contributed by atoms with Crippen LogP contribution in [0.25, 0.3) is 0 Å². The molecule has 1 atom stereocenters. The number of carbonyl (C=O) groups excluding carboxylic acids is 1. The van der Waals surface area contributed by atoms with Crippen LogP contribution in [0.5, 0.6) is 0 Å². The zero-order valence-electron chi connectivity index (χ0n) is 12.0. The number of amides is 1. The standard InChI is InChI=1S/C13H22N4O2/c1-13(2)9-17(5-6-19-13)12(18)11(14-3)10-7-15-16(4)8-10/h7-8,11,14H,5-6,9H2,1-4H3/t11-/m1/s1. The van der Waals surface area contributed by atoms with Crippen molar-refractivity contribution in [2.24, 2.45) is 7.05 Å². The van der Waals surface area contributed by atoms with Crippen molar-refractivity contribution in [1.82, 2.24) is 20.0 Å². The number of likely N-dealkylation sites (N-methyl/N-ethyl adjacent to an activating group) is 1. The summed E-state index contributed by atoms with van der Waals surface area (Å²) >= 11 is 0. The average molecular weight is 266 g/mol. The summed E-state index contributed by atoms with van der Waals surface area (Å²) in [4.78, 5) is 14.5. The second kappa shape index (κ2) is 5.30. The lowest BCUT2D eigenvalue weighted by Crippen LogP contribution is -2.53. The lowest BCUT2D eigenvalue weighted by Gasteiger charge is -2.39. The van der Waals surface area contributed by atoms with Gasteiger partial charge in [0.15, 0.2) is 0 Å². The van der Waals surface area contributed by atoms with Crippen molar-refractivity contribution >= 4 is 5.91 Å². The van der Waals surface area contributed by atoms with Gasteiger partial charge in [-0.1, -0.05) is 0 Å². The summed E-state index contributed by atoms with van der Waals surface area (Å²) in [7, 11) is 3.64. The maximum atomic E-state index is 12.6. The van der Waals surface area contributed by atoms with Crippen molar-refractivity contribution in [1.29, 1.82) is 0 Å². The molecule has 1 fully saturated rings. The Morgan fingerprint density at radius 2 is 2.32 bits per heavy atom. The third-order valence-electron chi connectivity index (χ3n) is 3.33. The molecular formula is C13H22N4O2. The van der Waals surface area contributed by atoms with Crippen LogP contribution >= 0.6 is 0 Å². The maximum Gasteiger partial charge on any atom is 0.244 e. The minimum atomic E-state index is -0.345. The molecule has 1 aliphatic rings. The van der Waals surface area contributed by atoms with Gasteiger partial charge >= 0.3 is 0 Å². The topological polar surface area (TPSA) is 59.4 Å². The number of aromatic nitrogens is 2. The Labute approximate surface area is 113 Å². The zero-order chi connectivity index (χ0) is 14.0.